The van der Waals surface area contributed by atoms with E-state index in [2.05, 4.69) is 10.6 Å². The summed E-state index contributed by atoms with van der Waals surface area (Å²) >= 11 is 0. The fourth-order valence-electron chi connectivity index (χ4n) is 7.16. The number of likely N-dealkylation sites (N-methyl/N-ethyl adjacent to an activating group) is 1. The average molecular weight is 700 g/mol. The molecule has 0 unspecified atom stereocenters. The van der Waals surface area contributed by atoms with Crippen LogP contribution in [0, 0.1) is 23.6 Å². The molecule has 2 heterocycles. The molecule has 0 bridgehead atoms. The molecule has 7 N–H and O–H groups in total. The summed E-state index contributed by atoms with van der Waals surface area (Å²) in [5.74, 6) is -3.61. The minimum atomic E-state index is -1.81. The van der Waals surface area contributed by atoms with Gasteiger partial charge in [-0.05, 0) is 84.5 Å². The number of aliphatic hydroxyl groups is 5. The summed E-state index contributed by atoms with van der Waals surface area (Å²) in [4.78, 5) is 27.8. The molecule has 0 saturated carbocycles. The predicted octanol–water partition coefficient (Wildman–Crippen LogP) is 2.37. The quantitative estimate of drug-likeness (QED) is 0.224. The van der Waals surface area contributed by atoms with Gasteiger partial charge in [0.2, 0.25) is 0 Å². The van der Waals surface area contributed by atoms with E-state index < -0.39 is 95.9 Å². The maximum absolute atomic E-state index is 13.7. The van der Waals surface area contributed by atoms with Crippen molar-refractivity contribution < 1.29 is 53.7 Å². The normalized spacial score (nSPS) is 41.6. The van der Waals surface area contributed by atoms with Crippen LogP contribution in [-0.2, 0) is 19.0 Å². The number of halogens is 1. The van der Waals surface area contributed by atoms with Gasteiger partial charge in [-0.15, -0.1) is 0 Å². The lowest BCUT2D eigenvalue weighted by Gasteiger charge is -2.47. The van der Waals surface area contributed by atoms with Crippen LogP contribution in [0.1, 0.15) is 74.7 Å². The molecule has 0 aliphatic carbocycles. The van der Waals surface area contributed by atoms with Crippen molar-refractivity contribution in [2.45, 2.75) is 141 Å². The Balaban J connectivity index is 1.92. The number of esters is 1. The zero-order chi connectivity index (χ0) is 37.0. The predicted molar refractivity (Wildman–Crippen MR) is 180 cm³/mol. The second kappa shape index (κ2) is 16.7. The molecule has 13 nitrogen and oxygen atoms in total. The Morgan fingerprint density at radius 1 is 1.12 bits per heavy atom. The van der Waals surface area contributed by atoms with Crippen LogP contribution in [0.25, 0.3) is 0 Å². The smallest absolute Gasteiger partial charge is 0.321 e. The first-order valence-electron chi connectivity index (χ1n) is 17.2. The Morgan fingerprint density at radius 2 is 1.78 bits per heavy atom. The van der Waals surface area contributed by atoms with E-state index in [1.807, 2.05) is 6.92 Å². The van der Waals surface area contributed by atoms with E-state index in [0.717, 1.165) is 0 Å². The molecule has 2 aliphatic rings. The zero-order valence-corrected chi connectivity index (χ0v) is 30.2. The SMILES string of the molecule is CC[C@H]1OC(=O)[C@H](C)[C@@H](O)[C@H](C)[C@@H](O[C@@H]2O[C@H](C)C[C@H](N(C)C(=O)Nc3cccc(F)c3)[C@H]2O)[C@](C)(O)C[C@@H](C)CN[C@H](C)[C@@H](O)[C@]1(C)O. The number of cyclic esters (lactones) is 1. The van der Waals surface area contributed by atoms with E-state index in [1.165, 1.54) is 50.1 Å². The van der Waals surface area contributed by atoms with E-state index in [1.54, 1.807) is 34.6 Å². The Morgan fingerprint density at radius 3 is 2.39 bits per heavy atom. The molecular weight excluding hydrogens is 641 g/mol. The van der Waals surface area contributed by atoms with Crippen LogP contribution in [-0.4, -0.2) is 122 Å². The van der Waals surface area contributed by atoms with Crippen molar-refractivity contribution in [3.8, 4) is 0 Å². The van der Waals surface area contributed by atoms with Gasteiger partial charge in [-0.3, -0.25) is 4.79 Å². The highest BCUT2D eigenvalue weighted by molar-refractivity contribution is 5.89. The number of hydrogen-bond donors (Lipinski definition) is 7. The first kappa shape index (κ1) is 41.0. The average Bonchev–Trinajstić information content (AvgIpc) is 3.03. The highest BCUT2D eigenvalue weighted by atomic mass is 19.1. The monoisotopic (exact) mass is 699 g/mol. The number of rotatable bonds is 5. The zero-order valence-electron chi connectivity index (χ0n) is 30.2. The lowest BCUT2D eigenvalue weighted by molar-refractivity contribution is -0.298. The van der Waals surface area contributed by atoms with Crippen molar-refractivity contribution in [1.82, 2.24) is 10.2 Å². The number of anilines is 1. The molecule has 0 radical (unpaired) electrons. The van der Waals surface area contributed by atoms with Gasteiger partial charge in [-0.1, -0.05) is 26.8 Å². The first-order valence-corrected chi connectivity index (χ1v) is 17.2. The van der Waals surface area contributed by atoms with Crippen molar-refractivity contribution >= 4 is 17.7 Å². The van der Waals surface area contributed by atoms with Gasteiger partial charge in [0.15, 0.2) is 6.29 Å². The van der Waals surface area contributed by atoms with Crippen LogP contribution in [0.5, 0.6) is 0 Å². The maximum Gasteiger partial charge on any atom is 0.321 e. The Kier molecular flexibility index (Phi) is 14.0. The Bertz CT molecular complexity index is 1250. The second-order valence-electron chi connectivity index (χ2n) is 14.7. The summed E-state index contributed by atoms with van der Waals surface area (Å²) in [7, 11) is 1.49. The largest absolute Gasteiger partial charge is 0.459 e. The minimum absolute atomic E-state index is 0.134. The summed E-state index contributed by atoms with van der Waals surface area (Å²) in [6.07, 6.45) is -7.68. The number of carbonyl (C=O) groups excluding carboxylic acids is 2. The summed E-state index contributed by atoms with van der Waals surface area (Å²) in [5.41, 5.74) is -3.22. The standard InChI is InChI=1S/C35H58FN3O10/c1-10-26-35(8,46)29(42)22(6)37-17-18(2)16-34(7,45)30(20(4)27(40)21(5)31(43)48-26)49-32-28(41)25(14-19(3)47-32)39(9)33(44)38-24-13-11-12-23(36)15-24/h11-13,15,18-22,25-30,32,37,40-42,45-46H,10,14,16-17H2,1-9H3,(H,38,44)/t18-,19-,20+,21-,22-,25+,26-,27+,28-,29-,30-,32+,34-,35-/m1/s1. The molecule has 49 heavy (non-hydrogen) atoms. The Hall–Kier alpha value is -2.43. The number of ether oxygens (including phenoxy) is 3. The molecule has 14 atom stereocenters. The molecule has 0 spiro atoms. The molecule has 0 aromatic heterocycles. The van der Waals surface area contributed by atoms with E-state index >= 15 is 0 Å². The minimum Gasteiger partial charge on any atom is -0.459 e. The van der Waals surface area contributed by atoms with Crippen LogP contribution >= 0.6 is 0 Å². The van der Waals surface area contributed by atoms with Crippen LogP contribution < -0.4 is 10.6 Å². The molecule has 2 amide bonds. The van der Waals surface area contributed by atoms with Gasteiger partial charge in [0.05, 0.1) is 35.9 Å². The van der Waals surface area contributed by atoms with Crippen molar-refractivity contribution in [2.24, 2.45) is 17.8 Å². The number of benzene rings is 1. The molecular formula is C35H58FN3O10. The molecule has 280 valence electrons. The fraction of sp³-hybridized carbons (Fsp3) is 0.771. The third kappa shape index (κ3) is 9.88. The number of nitrogens with zero attached hydrogens (tertiary/aromatic N) is 1. The fourth-order valence-corrected chi connectivity index (χ4v) is 7.16. The van der Waals surface area contributed by atoms with Gasteiger partial charge in [-0.2, -0.15) is 0 Å². The summed E-state index contributed by atoms with van der Waals surface area (Å²) in [6.45, 7) is 13.4. The van der Waals surface area contributed by atoms with Gasteiger partial charge in [-0.25, -0.2) is 9.18 Å². The van der Waals surface area contributed by atoms with Gasteiger partial charge < -0.3 is 55.3 Å². The van der Waals surface area contributed by atoms with Gasteiger partial charge in [0.25, 0.3) is 0 Å². The Labute approximate surface area is 289 Å². The van der Waals surface area contributed by atoms with Crippen LogP contribution in [0.15, 0.2) is 24.3 Å². The first-order chi connectivity index (χ1) is 22.7. The highest BCUT2D eigenvalue weighted by Gasteiger charge is 2.49. The third-order valence-electron chi connectivity index (χ3n) is 10.2. The van der Waals surface area contributed by atoms with Crippen molar-refractivity contribution in [2.75, 3.05) is 18.9 Å². The van der Waals surface area contributed by atoms with E-state index in [0.29, 0.717) is 6.54 Å². The highest BCUT2D eigenvalue weighted by Crippen LogP contribution is 2.36. The summed E-state index contributed by atoms with van der Waals surface area (Å²) < 4.78 is 31.8. The van der Waals surface area contributed by atoms with E-state index in [-0.39, 0.29) is 30.9 Å². The van der Waals surface area contributed by atoms with Crippen molar-refractivity contribution in [1.29, 1.82) is 0 Å². The number of amides is 2. The maximum atomic E-state index is 13.7. The van der Waals surface area contributed by atoms with Crippen molar-refractivity contribution in [3.63, 3.8) is 0 Å². The lowest BCUT2D eigenvalue weighted by Crippen LogP contribution is -2.60. The molecule has 1 aromatic rings. The summed E-state index contributed by atoms with van der Waals surface area (Å²) in [6, 6.07) is 3.41. The third-order valence-corrected chi connectivity index (χ3v) is 10.2. The number of aliphatic hydroxyl groups excluding tert-OH is 3. The number of hydrogen-bond acceptors (Lipinski definition) is 11. The topological polar surface area (TPSA) is 190 Å². The molecule has 14 heteroatoms. The van der Waals surface area contributed by atoms with Crippen molar-refractivity contribution in [3.05, 3.63) is 30.1 Å². The molecule has 2 saturated heterocycles. The van der Waals surface area contributed by atoms with Gasteiger partial charge in [0.1, 0.15) is 29.7 Å². The number of nitrogens with one attached hydrogen (secondary N) is 2. The molecule has 1 aromatic carbocycles. The van der Waals surface area contributed by atoms with Crippen LogP contribution in [0.3, 0.4) is 0 Å². The van der Waals surface area contributed by atoms with Gasteiger partial charge >= 0.3 is 12.0 Å². The van der Waals surface area contributed by atoms with E-state index in [4.69, 9.17) is 14.2 Å². The second-order valence-corrected chi connectivity index (χ2v) is 14.7. The number of urea groups is 1. The van der Waals surface area contributed by atoms with Crippen LogP contribution in [0.4, 0.5) is 14.9 Å². The van der Waals surface area contributed by atoms with Gasteiger partial charge in [0, 0.05) is 24.7 Å². The van der Waals surface area contributed by atoms with E-state index in [9.17, 15) is 39.5 Å². The molecule has 3 rings (SSSR count). The molecule has 2 aliphatic heterocycles. The summed E-state index contributed by atoms with van der Waals surface area (Å²) in [5, 5.41) is 63.3. The van der Waals surface area contributed by atoms with Crippen LogP contribution in [0.2, 0.25) is 0 Å². The number of carbonyl (C=O) groups is 2. The molecule has 2 fully saturated rings. The lowest BCUT2D eigenvalue weighted by atomic mass is 9.78.